The highest BCUT2D eigenvalue weighted by atomic mass is 35.5. The van der Waals surface area contributed by atoms with E-state index in [0.29, 0.717) is 10.6 Å². The van der Waals surface area contributed by atoms with Crippen LogP contribution in [0.25, 0.3) is 10.9 Å². The van der Waals surface area contributed by atoms with Gasteiger partial charge in [0.25, 0.3) is 0 Å². The number of amidine groups is 1. The molecule has 0 aliphatic heterocycles. The van der Waals surface area contributed by atoms with Gasteiger partial charge in [-0.3, -0.25) is 10.1 Å². The number of nitrogens with one attached hydrogen (secondary N) is 1. The Morgan fingerprint density at radius 1 is 1.57 bits per heavy atom. The van der Waals surface area contributed by atoms with Crippen molar-refractivity contribution in [2.24, 2.45) is 12.8 Å². The SMILES string of the molecule is Cn1ncc2cc(C(=N)N)cc(Cl)c21. The fraction of sp³-hybridized carbons (Fsp3) is 0.111. The van der Waals surface area contributed by atoms with Crippen LogP contribution in [0.2, 0.25) is 5.02 Å². The first-order valence-corrected chi connectivity index (χ1v) is 4.43. The maximum atomic E-state index is 7.31. The van der Waals surface area contributed by atoms with E-state index in [1.54, 1.807) is 23.0 Å². The van der Waals surface area contributed by atoms with Crippen molar-refractivity contribution >= 4 is 28.3 Å². The quantitative estimate of drug-likeness (QED) is 0.551. The smallest absolute Gasteiger partial charge is 0.122 e. The molecule has 0 aliphatic rings. The number of rotatable bonds is 1. The van der Waals surface area contributed by atoms with Crippen LogP contribution in [0, 0.1) is 5.41 Å². The van der Waals surface area contributed by atoms with Crippen molar-refractivity contribution in [3.63, 3.8) is 0 Å². The maximum Gasteiger partial charge on any atom is 0.122 e. The molecule has 0 radical (unpaired) electrons. The van der Waals surface area contributed by atoms with Crippen molar-refractivity contribution in [1.82, 2.24) is 9.78 Å². The van der Waals surface area contributed by atoms with Gasteiger partial charge in [0.15, 0.2) is 0 Å². The number of nitrogens with zero attached hydrogens (tertiary/aromatic N) is 2. The van der Waals surface area contributed by atoms with Crippen LogP contribution in [-0.2, 0) is 7.05 Å². The van der Waals surface area contributed by atoms with Gasteiger partial charge in [-0.1, -0.05) is 11.6 Å². The third-order valence-corrected chi connectivity index (χ3v) is 2.39. The number of halogens is 1. The summed E-state index contributed by atoms with van der Waals surface area (Å²) in [5.74, 6) is 0.0117. The molecule has 1 heterocycles. The maximum absolute atomic E-state index is 7.31. The second-order valence-corrected chi connectivity index (χ2v) is 3.48. The Hall–Kier alpha value is -1.55. The van der Waals surface area contributed by atoms with E-state index in [-0.39, 0.29) is 5.84 Å². The van der Waals surface area contributed by atoms with Gasteiger partial charge in [-0.25, -0.2) is 0 Å². The highest BCUT2D eigenvalue weighted by Crippen LogP contribution is 2.24. The summed E-state index contributed by atoms with van der Waals surface area (Å²) in [7, 11) is 1.82. The molecule has 1 aromatic heterocycles. The monoisotopic (exact) mass is 208 g/mol. The van der Waals surface area contributed by atoms with Crippen LogP contribution in [-0.4, -0.2) is 15.6 Å². The van der Waals surface area contributed by atoms with E-state index in [1.165, 1.54) is 0 Å². The molecule has 14 heavy (non-hydrogen) atoms. The standard InChI is InChI=1S/C9H9ClN4/c1-14-8-6(4-13-14)2-5(9(11)12)3-7(8)10/h2-4H,1H3,(H3,11,12). The number of hydrogen-bond donors (Lipinski definition) is 2. The first kappa shape index (κ1) is 9.02. The third kappa shape index (κ3) is 1.24. The van der Waals surface area contributed by atoms with Crippen molar-refractivity contribution in [2.45, 2.75) is 0 Å². The van der Waals surface area contributed by atoms with Crippen molar-refractivity contribution in [1.29, 1.82) is 5.41 Å². The second kappa shape index (κ2) is 2.99. The molecule has 0 atom stereocenters. The molecule has 5 heteroatoms. The number of nitrogens with two attached hydrogens (primary N) is 1. The fourth-order valence-electron chi connectivity index (χ4n) is 1.42. The number of hydrogen-bond acceptors (Lipinski definition) is 2. The summed E-state index contributed by atoms with van der Waals surface area (Å²) in [6.07, 6.45) is 1.70. The van der Waals surface area contributed by atoms with Gasteiger partial charge in [0.1, 0.15) is 5.84 Å². The minimum absolute atomic E-state index is 0.0117. The van der Waals surface area contributed by atoms with Crippen molar-refractivity contribution < 1.29 is 0 Å². The third-order valence-electron chi connectivity index (χ3n) is 2.10. The Morgan fingerprint density at radius 2 is 2.29 bits per heavy atom. The van der Waals surface area contributed by atoms with Gasteiger partial charge in [-0.2, -0.15) is 5.10 Å². The second-order valence-electron chi connectivity index (χ2n) is 3.08. The van der Waals surface area contributed by atoms with Crippen LogP contribution in [0.5, 0.6) is 0 Å². The van der Waals surface area contributed by atoms with Crippen LogP contribution in [0.15, 0.2) is 18.3 Å². The van der Waals surface area contributed by atoms with E-state index in [2.05, 4.69) is 5.10 Å². The zero-order valence-corrected chi connectivity index (χ0v) is 8.34. The van der Waals surface area contributed by atoms with Gasteiger partial charge in [0, 0.05) is 18.0 Å². The Kier molecular flexibility index (Phi) is 1.93. The largest absolute Gasteiger partial charge is 0.384 e. The van der Waals surface area contributed by atoms with Crippen LogP contribution < -0.4 is 5.73 Å². The fourth-order valence-corrected chi connectivity index (χ4v) is 1.77. The molecule has 0 unspecified atom stereocenters. The minimum atomic E-state index is 0.0117. The van der Waals surface area contributed by atoms with Gasteiger partial charge in [-0.05, 0) is 12.1 Å². The molecule has 0 amide bonds. The van der Waals surface area contributed by atoms with Crippen molar-refractivity contribution in [3.8, 4) is 0 Å². The molecule has 0 spiro atoms. The van der Waals surface area contributed by atoms with E-state index >= 15 is 0 Å². The van der Waals surface area contributed by atoms with E-state index in [9.17, 15) is 0 Å². The Labute approximate surface area is 85.8 Å². The molecular formula is C9H9ClN4. The van der Waals surface area contributed by atoms with Crippen molar-refractivity contribution in [3.05, 3.63) is 28.9 Å². The predicted molar refractivity (Wildman–Crippen MR) is 56.7 cm³/mol. The Balaban J connectivity index is 2.80. The van der Waals surface area contributed by atoms with E-state index in [4.69, 9.17) is 22.7 Å². The van der Waals surface area contributed by atoms with Gasteiger partial charge in [0.2, 0.25) is 0 Å². The average molecular weight is 209 g/mol. The summed E-state index contributed by atoms with van der Waals surface area (Å²) in [5, 5.41) is 12.8. The molecule has 2 rings (SSSR count). The van der Waals surface area contributed by atoms with Gasteiger partial charge in [-0.15, -0.1) is 0 Å². The number of nitrogen functional groups attached to an aromatic ring is 1. The molecule has 0 bridgehead atoms. The summed E-state index contributed by atoms with van der Waals surface area (Å²) in [5.41, 5.74) is 6.86. The molecule has 0 fully saturated rings. The lowest BCUT2D eigenvalue weighted by Gasteiger charge is -2.01. The van der Waals surface area contributed by atoms with Crippen LogP contribution in [0.3, 0.4) is 0 Å². The lowest BCUT2D eigenvalue weighted by atomic mass is 10.1. The number of benzene rings is 1. The zero-order valence-electron chi connectivity index (χ0n) is 7.58. The minimum Gasteiger partial charge on any atom is -0.384 e. The van der Waals surface area contributed by atoms with Gasteiger partial charge in [0.05, 0.1) is 16.7 Å². The molecule has 0 aliphatic carbocycles. The molecule has 0 saturated carbocycles. The molecule has 0 saturated heterocycles. The normalized spacial score (nSPS) is 10.7. The molecule has 1 aromatic carbocycles. The highest BCUT2D eigenvalue weighted by Gasteiger charge is 2.07. The summed E-state index contributed by atoms with van der Waals surface area (Å²) >= 11 is 6.04. The average Bonchev–Trinajstić information content (AvgIpc) is 2.48. The molecule has 3 N–H and O–H groups in total. The van der Waals surface area contributed by atoms with E-state index in [1.807, 2.05) is 7.05 Å². The van der Waals surface area contributed by atoms with E-state index in [0.717, 1.165) is 10.9 Å². The summed E-state index contributed by atoms with van der Waals surface area (Å²) in [6, 6.07) is 3.48. The first-order valence-electron chi connectivity index (χ1n) is 4.05. The molecule has 4 nitrogen and oxygen atoms in total. The molecule has 72 valence electrons. The van der Waals surface area contributed by atoms with Crippen LogP contribution in [0.1, 0.15) is 5.56 Å². The molecule has 2 aromatic rings. The van der Waals surface area contributed by atoms with Gasteiger partial charge >= 0.3 is 0 Å². The first-order chi connectivity index (χ1) is 6.59. The van der Waals surface area contributed by atoms with Crippen LogP contribution >= 0.6 is 11.6 Å². The molecular weight excluding hydrogens is 200 g/mol. The lowest BCUT2D eigenvalue weighted by Crippen LogP contribution is -2.10. The topological polar surface area (TPSA) is 67.7 Å². The zero-order chi connectivity index (χ0) is 10.3. The van der Waals surface area contributed by atoms with Gasteiger partial charge < -0.3 is 5.73 Å². The predicted octanol–water partition coefficient (Wildman–Crippen LogP) is 1.51. The number of aromatic nitrogens is 2. The Morgan fingerprint density at radius 3 is 2.93 bits per heavy atom. The number of aryl methyl sites for hydroxylation is 1. The summed E-state index contributed by atoms with van der Waals surface area (Å²) < 4.78 is 1.70. The number of fused-ring (bicyclic) bond motifs is 1. The highest BCUT2D eigenvalue weighted by molar-refractivity contribution is 6.35. The van der Waals surface area contributed by atoms with Crippen LogP contribution in [0.4, 0.5) is 0 Å². The van der Waals surface area contributed by atoms with Crippen molar-refractivity contribution in [2.75, 3.05) is 0 Å². The van der Waals surface area contributed by atoms with E-state index < -0.39 is 0 Å². The Bertz CT molecular complexity index is 515. The summed E-state index contributed by atoms with van der Waals surface area (Å²) in [4.78, 5) is 0. The summed E-state index contributed by atoms with van der Waals surface area (Å²) in [6.45, 7) is 0. The lowest BCUT2D eigenvalue weighted by molar-refractivity contribution is 0.797.